The van der Waals surface area contributed by atoms with Gasteiger partial charge in [0.1, 0.15) is 24.4 Å². The Hall–Kier alpha value is -2.63. The van der Waals surface area contributed by atoms with Gasteiger partial charge in [-0.15, -0.1) is 0 Å². The summed E-state index contributed by atoms with van der Waals surface area (Å²) in [4.78, 5) is 13.0. The second-order valence-corrected chi connectivity index (χ2v) is 19.0. The van der Waals surface area contributed by atoms with Crippen molar-refractivity contribution in [3.63, 3.8) is 0 Å². The van der Waals surface area contributed by atoms with Gasteiger partial charge in [0.25, 0.3) is 0 Å². The highest BCUT2D eigenvalue weighted by Gasteiger charge is 2.44. The fraction of sp³-hybridized carbons (Fsp3) is 0.746. The van der Waals surface area contributed by atoms with E-state index in [1.54, 1.807) is 0 Å². The number of allylic oxidation sites excluding steroid dienone is 14. The van der Waals surface area contributed by atoms with Crippen molar-refractivity contribution >= 4 is 5.91 Å². The minimum absolute atomic E-state index is 0.144. The first-order valence-electron chi connectivity index (χ1n) is 27.8. The van der Waals surface area contributed by atoms with Gasteiger partial charge in [0.05, 0.1) is 25.4 Å². The molecule has 1 aliphatic rings. The van der Waals surface area contributed by atoms with Crippen LogP contribution >= 0.6 is 0 Å². The maximum Gasteiger partial charge on any atom is 0.220 e. The van der Waals surface area contributed by atoms with Crippen LogP contribution in [0, 0.1) is 0 Å². The summed E-state index contributed by atoms with van der Waals surface area (Å²) in [5.41, 5.74) is 0. The van der Waals surface area contributed by atoms with Gasteiger partial charge in [0.15, 0.2) is 6.29 Å². The zero-order valence-corrected chi connectivity index (χ0v) is 43.3. The summed E-state index contributed by atoms with van der Waals surface area (Å²) in [6, 6.07) is -0.727. The van der Waals surface area contributed by atoms with E-state index < -0.39 is 49.5 Å². The Kier molecular flexibility index (Phi) is 44.8. The molecule has 1 rings (SSSR count). The molecule has 7 unspecified atom stereocenters. The first kappa shape index (κ1) is 63.4. The third kappa shape index (κ3) is 37.2. The molecule has 0 aromatic rings. The van der Waals surface area contributed by atoms with Crippen LogP contribution in [0.4, 0.5) is 0 Å². The smallest absolute Gasteiger partial charge is 0.220 e. The van der Waals surface area contributed by atoms with Crippen LogP contribution in [-0.4, -0.2) is 87.5 Å². The predicted octanol–water partition coefficient (Wildman–Crippen LogP) is 13.5. The molecule has 0 bridgehead atoms. The molecule has 0 aliphatic carbocycles. The largest absolute Gasteiger partial charge is 0.394 e. The monoisotopic (exact) mass is 954 g/mol. The van der Waals surface area contributed by atoms with Gasteiger partial charge < -0.3 is 40.3 Å². The summed E-state index contributed by atoms with van der Waals surface area (Å²) < 4.78 is 11.3. The molecule has 0 spiro atoms. The van der Waals surface area contributed by atoms with E-state index >= 15 is 0 Å². The number of nitrogens with one attached hydrogen (secondary N) is 1. The fourth-order valence-electron chi connectivity index (χ4n) is 8.38. The molecule has 0 aromatic heterocycles. The third-order valence-corrected chi connectivity index (χ3v) is 12.8. The van der Waals surface area contributed by atoms with Gasteiger partial charge in [-0.2, -0.15) is 0 Å². The van der Waals surface area contributed by atoms with Crippen LogP contribution in [0.25, 0.3) is 0 Å². The number of rotatable bonds is 46. The number of hydrogen-bond acceptors (Lipinski definition) is 8. The average molecular weight is 954 g/mol. The lowest BCUT2D eigenvalue weighted by Crippen LogP contribution is -2.60. The minimum Gasteiger partial charge on any atom is -0.394 e. The summed E-state index contributed by atoms with van der Waals surface area (Å²) >= 11 is 0. The fourth-order valence-corrected chi connectivity index (χ4v) is 8.38. The first-order valence-corrected chi connectivity index (χ1v) is 27.8. The summed E-state index contributed by atoms with van der Waals surface area (Å²) in [6.45, 7) is 3.72. The van der Waals surface area contributed by atoms with Gasteiger partial charge in [-0.25, -0.2) is 0 Å². The Morgan fingerprint density at radius 1 is 0.515 bits per heavy atom. The molecule has 1 amide bonds. The predicted molar refractivity (Wildman–Crippen MR) is 285 cm³/mol. The maximum atomic E-state index is 13.0. The molecule has 68 heavy (non-hydrogen) atoms. The molecule has 9 nitrogen and oxygen atoms in total. The highest BCUT2D eigenvalue weighted by atomic mass is 16.7. The second kappa shape index (κ2) is 48.0. The van der Waals surface area contributed by atoms with E-state index in [9.17, 15) is 30.3 Å². The number of carbonyl (C=O) groups is 1. The molecular weight excluding hydrogens is 851 g/mol. The van der Waals surface area contributed by atoms with E-state index in [0.717, 1.165) is 89.9 Å². The van der Waals surface area contributed by atoms with E-state index in [2.05, 4.69) is 104 Å². The van der Waals surface area contributed by atoms with Gasteiger partial charge >= 0.3 is 0 Å². The zero-order chi connectivity index (χ0) is 49.4. The number of aliphatic hydroxyl groups is 5. The van der Waals surface area contributed by atoms with Gasteiger partial charge in [-0.1, -0.05) is 234 Å². The summed E-state index contributed by atoms with van der Waals surface area (Å²) in [7, 11) is 0. The van der Waals surface area contributed by atoms with Crippen molar-refractivity contribution in [1.82, 2.24) is 5.32 Å². The second-order valence-electron chi connectivity index (χ2n) is 19.0. The van der Waals surface area contributed by atoms with Crippen molar-refractivity contribution in [1.29, 1.82) is 0 Å². The average Bonchev–Trinajstić information content (AvgIpc) is 3.34. The lowest BCUT2D eigenvalue weighted by atomic mass is 9.99. The Morgan fingerprint density at radius 2 is 0.912 bits per heavy atom. The number of carbonyl (C=O) groups excluding carboxylic acids is 1. The van der Waals surface area contributed by atoms with Gasteiger partial charge in [0, 0.05) is 6.42 Å². The van der Waals surface area contributed by atoms with Crippen molar-refractivity contribution in [2.24, 2.45) is 0 Å². The van der Waals surface area contributed by atoms with Crippen molar-refractivity contribution in [2.45, 2.75) is 269 Å². The van der Waals surface area contributed by atoms with Crippen LogP contribution in [0.3, 0.4) is 0 Å². The van der Waals surface area contributed by atoms with Crippen molar-refractivity contribution in [3.8, 4) is 0 Å². The van der Waals surface area contributed by atoms with Crippen LogP contribution in [0.2, 0.25) is 0 Å². The van der Waals surface area contributed by atoms with E-state index in [4.69, 9.17) is 9.47 Å². The molecule has 392 valence electrons. The zero-order valence-electron chi connectivity index (χ0n) is 43.3. The van der Waals surface area contributed by atoms with Crippen LogP contribution < -0.4 is 5.32 Å². The lowest BCUT2D eigenvalue weighted by molar-refractivity contribution is -0.302. The topological polar surface area (TPSA) is 149 Å². The van der Waals surface area contributed by atoms with E-state index in [0.29, 0.717) is 12.8 Å². The molecule has 1 fully saturated rings. The molecule has 0 radical (unpaired) electrons. The van der Waals surface area contributed by atoms with Crippen molar-refractivity contribution in [3.05, 3.63) is 85.1 Å². The van der Waals surface area contributed by atoms with E-state index in [1.807, 2.05) is 0 Å². The summed E-state index contributed by atoms with van der Waals surface area (Å²) in [6.07, 6.45) is 60.3. The molecule has 9 heteroatoms. The van der Waals surface area contributed by atoms with Crippen LogP contribution in [0.5, 0.6) is 0 Å². The number of aliphatic hydroxyl groups excluding tert-OH is 5. The quantitative estimate of drug-likeness (QED) is 0.0261. The molecule has 1 aliphatic heterocycles. The standard InChI is InChI=1S/C59H103NO8/c1-3-5-7-9-11-13-15-17-19-20-21-22-23-24-25-26-27-28-29-30-31-32-33-34-35-37-39-41-43-45-47-49-55(63)60-52(51-67-59-58(66)57(65)56(64)54(50-61)68-59)53(62)48-46-44-42-40-38-36-18-16-14-12-10-8-6-4-2/h5,7,11,13,17,19,21-22,24-25,27-28,30-31,52-54,56-59,61-62,64-66H,3-4,6,8-10,12,14-16,18,20,23,26,29,32-51H2,1-2H3,(H,60,63)/b7-5-,13-11-,19-17-,22-21-,25-24-,28-27-,31-30-. The number of amides is 1. The van der Waals surface area contributed by atoms with Crippen molar-refractivity contribution < 1.29 is 39.8 Å². The van der Waals surface area contributed by atoms with Crippen LogP contribution in [0.15, 0.2) is 85.1 Å². The summed E-state index contributed by atoms with van der Waals surface area (Å²) in [5.74, 6) is -0.154. The minimum atomic E-state index is -1.56. The van der Waals surface area contributed by atoms with Gasteiger partial charge in [-0.05, 0) is 70.6 Å². The first-order chi connectivity index (χ1) is 33.3. The number of unbranched alkanes of at least 4 members (excludes halogenated alkanes) is 22. The SMILES string of the molecule is CC/C=C\C/C=C\C/C=C\C/C=C\C/C=C\C/C=C\C/C=C\CCCCCCCCCCCC(=O)NC(COC1OC(CO)C(O)C(O)C1O)C(O)CCCCCCCCCCCCCCCC. The lowest BCUT2D eigenvalue weighted by Gasteiger charge is -2.40. The Bertz CT molecular complexity index is 1340. The van der Waals surface area contributed by atoms with Gasteiger partial charge in [-0.3, -0.25) is 4.79 Å². The molecule has 0 aromatic carbocycles. The van der Waals surface area contributed by atoms with Crippen molar-refractivity contribution in [2.75, 3.05) is 13.2 Å². The third-order valence-electron chi connectivity index (χ3n) is 12.8. The highest BCUT2D eigenvalue weighted by Crippen LogP contribution is 2.23. The summed E-state index contributed by atoms with van der Waals surface area (Å²) in [5, 5.41) is 54.6. The molecule has 0 saturated carbocycles. The maximum absolute atomic E-state index is 13.0. The van der Waals surface area contributed by atoms with E-state index in [1.165, 1.54) is 109 Å². The Morgan fingerprint density at radius 3 is 1.35 bits per heavy atom. The van der Waals surface area contributed by atoms with E-state index in [-0.39, 0.29) is 12.5 Å². The van der Waals surface area contributed by atoms with Gasteiger partial charge in [0.2, 0.25) is 5.91 Å². The molecular formula is C59H103NO8. The van der Waals surface area contributed by atoms with Crippen LogP contribution in [0.1, 0.15) is 226 Å². The number of hydrogen-bond donors (Lipinski definition) is 6. The molecule has 6 N–H and O–H groups in total. The normalized spacial score (nSPS) is 20.2. The molecule has 1 saturated heterocycles. The Labute approximate surface area is 416 Å². The molecule has 1 heterocycles. The highest BCUT2D eigenvalue weighted by molar-refractivity contribution is 5.76. The Balaban J connectivity index is 2.20. The van der Waals surface area contributed by atoms with Crippen LogP contribution in [-0.2, 0) is 14.3 Å². The molecule has 7 atom stereocenters. The number of ether oxygens (including phenoxy) is 2.